The Balaban J connectivity index is 1.44. The van der Waals surface area contributed by atoms with Crippen molar-refractivity contribution >= 4 is 11.8 Å². The maximum atomic E-state index is 13.7. The molecule has 1 N–H and O–H groups in total. The minimum absolute atomic E-state index is 0.0615. The number of ether oxygens (including phenoxy) is 1. The number of nitrogens with one attached hydrogen (secondary N) is 1. The molecule has 0 bridgehead atoms. The summed E-state index contributed by atoms with van der Waals surface area (Å²) < 4.78 is 31.9. The average molecular weight is 431 g/mol. The van der Waals surface area contributed by atoms with Gasteiger partial charge in [-0.25, -0.2) is 8.78 Å². The standard InChI is InChI=1S/C23H27F2N3O3/c1-16(17-4-3-5-19(14-17)31-2)27-10-12-28(13-11-27)22(29)8-9-26-23(30)20-7-6-18(24)15-21(20)25/h3-7,14-16H,8-13H2,1-2H3,(H,26,30). The third-order valence-electron chi connectivity index (χ3n) is 5.59. The van der Waals surface area contributed by atoms with Crippen molar-refractivity contribution in [3.63, 3.8) is 0 Å². The highest BCUT2D eigenvalue weighted by atomic mass is 19.1. The number of carbonyl (C=O) groups excluding carboxylic acids is 2. The van der Waals surface area contributed by atoms with Crippen LogP contribution in [0.2, 0.25) is 0 Å². The first kappa shape index (κ1) is 22.7. The Morgan fingerprint density at radius 1 is 1.10 bits per heavy atom. The molecule has 6 nitrogen and oxygen atoms in total. The summed E-state index contributed by atoms with van der Waals surface area (Å²) in [4.78, 5) is 28.6. The summed E-state index contributed by atoms with van der Waals surface area (Å²) in [6, 6.07) is 10.9. The number of methoxy groups -OCH3 is 1. The third kappa shape index (κ3) is 5.79. The van der Waals surface area contributed by atoms with Gasteiger partial charge in [0.25, 0.3) is 5.91 Å². The Morgan fingerprint density at radius 2 is 1.84 bits per heavy atom. The van der Waals surface area contributed by atoms with Crippen molar-refractivity contribution in [3.8, 4) is 5.75 Å². The highest BCUT2D eigenvalue weighted by Gasteiger charge is 2.25. The Kier molecular flexibility index (Phi) is 7.57. The topological polar surface area (TPSA) is 61.9 Å². The molecule has 1 atom stereocenters. The van der Waals surface area contributed by atoms with Gasteiger partial charge in [0.05, 0.1) is 12.7 Å². The van der Waals surface area contributed by atoms with Crippen LogP contribution in [-0.4, -0.2) is 61.4 Å². The van der Waals surface area contributed by atoms with Gasteiger partial charge in [-0.1, -0.05) is 12.1 Å². The quantitative estimate of drug-likeness (QED) is 0.732. The van der Waals surface area contributed by atoms with Gasteiger partial charge >= 0.3 is 0 Å². The van der Waals surface area contributed by atoms with Crippen molar-refractivity contribution in [1.29, 1.82) is 0 Å². The first-order valence-corrected chi connectivity index (χ1v) is 10.3. The fourth-order valence-corrected chi connectivity index (χ4v) is 3.68. The van der Waals surface area contributed by atoms with E-state index in [9.17, 15) is 18.4 Å². The van der Waals surface area contributed by atoms with E-state index in [1.807, 2.05) is 18.2 Å². The largest absolute Gasteiger partial charge is 0.497 e. The SMILES string of the molecule is COc1cccc(C(C)N2CCN(C(=O)CCNC(=O)c3ccc(F)cc3F)CC2)c1. The summed E-state index contributed by atoms with van der Waals surface area (Å²) in [6.45, 7) is 4.93. The van der Waals surface area contributed by atoms with Crippen molar-refractivity contribution in [3.05, 3.63) is 65.2 Å². The predicted molar refractivity (Wildman–Crippen MR) is 113 cm³/mol. The molecule has 31 heavy (non-hydrogen) atoms. The Hall–Kier alpha value is -3.00. The Labute approximate surface area is 180 Å². The van der Waals surface area contributed by atoms with Gasteiger partial charge in [0.15, 0.2) is 0 Å². The highest BCUT2D eigenvalue weighted by Crippen LogP contribution is 2.25. The van der Waals surface area contributed by atoms with Crippen molar-refractivity contribution in [2.24, 2.45) is 0 Å². The second-order valence-corrected chi connectivity index (χ2v) is 7.50. The summed E-state index contributed by atoms with van der Waals surface area (Å²) in [6.07, 6.45) is 0.125. The van der Waals surface area contributed by atoms with Gasteiger partial charge in [0.1, 0.15) is 17.4 Å². The molecule has 166 valence electrons. The van der Waals surface area contributed by atoms with E-state index >= 15 is 0 Å². The minimum atomic E-state index is -0.926. The average Bonchev–Trinajstić information content (AvgIpc) is 2.78. The van der Waals surface area contributed by atoms with E-state index in [4.69, 9.17) is 4.74 Å². The van der Waals surface area contributed by atoms with Crippen molar-refractivity contribution < 1.29 is 23.1 Å². The van der Waals surface area contributed by atoms with Crippen molar-refractivity contribution in [2.75, 3.05) is 39.8 Å². The van der Waals surface area contributed by atoms with E-state index in [0.29, 0.717) is 19.2 Å². The molecule has 2 aromatic rings. The van der Waals surface area contributed by atoms with E-state index in [-0.39, 0.29) is 30.5 Å². The van der Waals surface area contributed by atoms with Gasteiger partial charge in [0.2, 0.25) is 5.91 Å². The van der Waals surface area contributed by atoms with Crippen LogP contribution in [0.3, 0.4) is 0 Å². The number of hydrogen-bond acceptors (Lipinski definition) is 4. The number of hydrogen-bond donors (Lipinski definition) is 1. The summed E-state index contributed by atoms with van der Waals surface area (Å²) in [7, 11) is 1.65. The lowest BCUT2D eigenvalue weighted by atomic mass is 10.1. The lowest BCUT2D eigenvalue weighted by Crippen LogP contribution is -2.49. The first-order valence-electron chi connectivity index (χ1n) is 10.3. The maximum absolute atomic E-state index is 13.7. The van der Waals surface area contributed by atoms with E-state index in [1.165, 1.54) is 0 Å². The third-order valence-corrected chi connectivity index (χ3v) is 5.59. The molecule has 3 rings (SSSR count). The molecule has 1 heterocycles. The lowest BCUT2D eigenvalue weighted by molar-refractivity contribution is -0.133. The van der Waals surface area contributed by atoms with Crippen LogP contribution >= 0.6 is 0 Å². The van der Waals surface area contributed by atoms with E-state index in [0.717, 1.165) is 36.5 Å². The molecule has 1 aliphatic heterocycles. The molecular formula is C23H27F2N3O3. The van der Waals surface area contributed by atoms with Crippen LogP contribution in [0.25, 0.3) is 0 Å². The monoisotopic (exact) mass is 431 g/mol. The normalized spacial score (nSPS) is 15.4. The van der Waals surface area contributed by atoms with Crippen LogP contribution in [0.5, 0.6) is 5.75 Å². The van der Waals surface area contributed by atoms with Gasteiger partial charge in [-0.2, -0.15) is 0 Å². The second kappa shape index (κ2) is 10.3. The first-order chi connectivity index (χ1) is 14.9. The van der Waals surface area contributed by atoms with Crippen LogP contribution < -0.4 is 10.1 Å². The van der Waals surface area contributed by atoms with Gasteiger partial charge in [-0.05, 0) is 36.8 Å². The molecule has 1 fully saturated rings. The molecule has 8 heteroatoms. The van der Waals surface area contributed by atoms with Crippen LogP contribution in [0.15, 0.2) is 42.5 Å². The second-order valence-electron chi connectivity index (χ2n) is 7.50. The summed E-state index contributed by atoms with van der Waals surface area (Å²) in [5.41, 5.74) is 0.920. The van der Waals surface area contributed by atoms with Crippen molar-refractivity contribution in [2.45, 2.75) is 19.4 Å². The number of benzene rings is 2. The Bertz CT molecular complexity index is 930. The molecule has 1 saturated heterocycles. The van der Waals surface area contributed by atoms with Crippen LogP contribution in [0, 0.1) is 11.6 Å². The van der Waals surface area contributed by atoms with Crippen molar-refractivity contribution in [1.82, 2.24) is 15.1 Å². The van der Waals surface area contributed by atoms with Gasteiger partial charge in [0, 0.05) is 51.3 Å². The molecule has 0 aliphatic carbocycles. The van der Waals surface area contributed by atoms with E-state index in [2.05, 4.69) is 23.2 Å². The lowest BCUT2D eigenvalue weighted by Gasteiger charge is -2.38. The predicted octanol–water partition coefficient (Wildman–Crippen LogP) is 3.00. The molecule has 1 unspecified atom stereocenters. The zero-order valence-corrected chi connectivity index (χ0v) is 17.7. The van der Waals surface area contributed by atoms with E-state index in [1.54, 1.807) is 12.0 Å². The highest BCUT2D eigenvalue weighted by molar-refractivity contribution is 5.94. The molecule has 0 saturated carbocycles. The zero-order chi connectivity index (χ0) is 22.4. The minimum Gasteiger partial charge on any atom is -0.497 e. The maximum Gasteiger partial charge on any atom is 0.254 e. The van der Waals surface area contributed by atoms with Gasteiger partial charge in [-0.3, -0.25) is 14.5 Å². The number of halogens is 2. The van der Waals surface area contributed by atoms with E-state index < -0.39 is 17.5 Å². The number of piperazine rings is 1. The van der Waals surface area contributed by atoms with Gasteiger partial charge < -0.3 is 15.0 Å². The fourth-order valence-electron chi connectivity index (χ4n) is 3.68. The number of carbonyl (C=O) groups is 2. The molecular weight excluding hydrogens is 404 g/mol. The van der Waals surface area contributed by atoms with Crippen LogP contribution in [-0.2, 0) is 4.79 Å². The summed E-state index contributed by atoms with van der Waals surface area (Å²) in [5, 5.41) is 2.52. The number of nitrogens with zero attached hydrogens (tertiary/aromatic N) is 2. The Morgan fingerprint density at radius 3 is 2.52 bits per heavy atom. The molecule has 0 aromatic heterocycles. The fraction of sp³-hybridized carbons (Fsp3) is 0.391. The molecule has 2 aromatic carbocycles. The molecule has 1 aliphatic rings. The van der Waals surface area contributed by atoms with Crippen LogP contribution in [0.4, 0.5) is 8.78 Å². The van der Waals surface area contributed by atoms with Gasteiger partial charge in [-0.15, -0.1) is 0 Å². The molecule has 0 spiro atoms. The summed E-state index contributed by atoms with van der Waals surface area (Å²) >= 11 is 0. The number of amides is 2. The van der Waals surface area contributed by atoms with Crippen LogP contribution in [0.1, 0.15) is 35.3 Å². The molecule has 0 radical (unpaired) electrons. The molecule has 2 amide bonds. The summed E-state index contributed by atoms with van der Waals surface area (Å²) in [5.74, 6) is -1.58. The number of rotatable bonds is 7. The zero-order valence-electron chi connectivity index (χ0n) is 17.7. The smallest absolute Gasteiger partial charge is 0.254 e.